The van der Waals surface area contributed by atoms with E-state index < -0.39 is 15.8 Å². The van der Waals surface area contributed by atoms with Crippen molar-refractivity contribution in [3.05, 3.63) is 48.5 Å². The van der Waals surface area contributed by atoms with Crippen LogP contribution in [0.2, 0.25) is 0 Å². The maximum Gasteiger partial charge on any atom is 0.316 e. The van der Waals surface area contributed by atoms with Gasteiger partial charge in [-0.25, -0.2) is 22.8 Å². The summed E-state index contributed by atoms with van der Waals surface area (Å²) in [5.74, 6) is -0.575. The molecule has 8 heteroatoms. The highest BCUT2D eigenvalue weighted by atomic mass is 32.2. The Hall–Kier alpha value is -2.06. The fraction of sp³-hybridized carbons (Fsp3) is 0.333. The second-order valence-corrected chi connectivity index (χ2v) is 7.17. The van der Waals surface area contributed by atoms with Gasteiger partial charge in [0.2, 0.25) is 10.0 Å². The van der Waals surface area contributed by atoms with E-state index in [0.717, 1.165) is 6.07 Å². The van der Waals surface area contributed by atoms with Gasteiger partial charge in [0.1, 0.15) is 11.9 Å². The molecule has 1 aromatic heterocycles. The molecule has 1 saturated heterocycles. The summed E-state index contributed by atoms with van der Waals surface area (Å²) in [6.45, 7) is 0.575. The van der Waals surface area contributed by atoms with Crippen LogP contribution in [0.25, 0.3) is 0 Å². The highest BCUT2D eigenvalue weighted by molar-refractivity contribution is 7.89. The molecule has 0 radical (unpaired) electrons. The summed E-state index contributed by atoms with van der Waals surface area (Å²) in [6, 6.07) is 6.92. The van der Waals surface area contributed by atoms with Gasteiger partial charge in [-0.05, 0) is 37.1 Å². The van der Waals surface area contributed by atoms with Gasteiger partial charge < -0.3 is 4.74 Å². The zero-order chi connectivity index (χ0) is 16.3. The highest BCUT2D eigenvalue weighted by Gasteiger charge is 2.31. The van der Waals surface area contributed by atoms with Gasteiger partial charge in [-0.15, -0.1) is 0 Å². The largest absolute Gasteiger partial charge is 0.459 e. The van der Waals surface area contributed by atoms with E-state index in [1.807, 2.05) is 0 Å². The van der Waals surface area contributed by atoms with Crippen LogP contribution in [0, 0.1) is 5.82 Å². The average molecular weight is 337 g/mol. The van der Waals surface area contributed by atoms with Crippen molar-refractivity contribution in [3.8, 4) is 6.01 Å². The fourth-order valence-electron chi connectivity index (χ4n) is 2.49. The lowest BCUT2D eigenvalue weighted by Crippen LogP contribution is -2.44. The quantitative estimate of drug-likeness (QED) is 0.851. The first-order valence-electron chi connectivity index (χ1n) is 7.25. The Morgan fingerprint density at radius 2 is 2.00 bits per heavy atom. The fourth-order valence-corrected chi connectivity index (χ4v) is 4.03. The summed E-state index contributed by atoms with van der Waals surface area (Å²) in [7, 11) is -3.74. The topological polar surface area (TPSA) is 72.4 Å². The van der Waals surface area contributed by atoms with Gasteiger partial charge in [-0.2, -0.15) is 4.31 Å². The predicted molar refractivity (Wildman–Crippen MR) is 80.8 cm³/mol. The Bertz CT molecular complexity index is 771. The number of rotatable bonds is 4. The second-order valence-electron chi connectivity index (χ2n) is 5.23. The van der Waals surface area contributed by atoms with Crippen molar-refractivity contribution in [2.24, 2.45) is 0 Å². The minimum Gasteiger partial charge on any atom is -0.459 e. The molecular weight excluding hydrogens is 321 g/mol. The van der Waals surface area contributed by atoms with Crippen molar-refractivity contribution < 1.29 is 17.5 Å². The minimum absolute atomic E-state index is 0.0471. The molecule has 1 aliphatic rings. The van der Waals surface area contributed by atoms with Crippen LogP contribution in [0.1, 0.15) is 12.8 Å². The van der Waals surface area contributed by atoms with E-state index in [-0.39, 0.29) is 23.6 Å². The smallest absolute Gasteiger partial charge is 0.316 e. The number of hydrogen-bond donors (Lipinski definition) is 0. The normalized spacial score (nSPS) is 19.4. The lowest BCUT2D eigenvalue weighted by molar-refractivity contribution is 0.119. The standard InChI is InChI=1S/C15H16FN3O3S/c16-12-4-1-6-14(10-12)23(20,21)19-9-2-5-13(11-19)22-15-17-7-3-8-18-15/h1,3-4,6-8,10,13H,2,5,9,11H2. The van der Waals surface area contributed by atoms with E-state index in [4.69, 9.17) is 4.74 Å². The number of nitrogens with zero attached hydrogens (tertiary/aromatic N) is 3. The van der Waals surface area contributed by atoms with Gasteiger partial charge >= 0.3 is 6.01 Å². The lowest BCUT2D eigenvalue weighted by Gasteiger charge is -2.31. The molecule has 0 amide bonds. The van der Waals surface area contributed by atoms with E-state index in [2.05, 4.69) is 9.97 Å². The van der Waals surface area contributed by atoms with Gasteiger partial charge in [-0.1, -0.05) is 6.07 Å². The molecular formula is C15H16FN3O3S. The van der Waals surface area contributed by atoms with Gasteiger partial charge in [0.25, 0.3) is 0 Å². The van der Waals surface area contributed by atoms with Gasteiger partial charge in [0.05, 0.1) is 11.4 Å². The molecule has 2 heterocycles. The van der Waals surface area contributed by atoms with E-state index >= 15 is 0 Å². The summed E-state index contributed by atoms with van der Waals surface area (Å²) in [5.41, 5.74) is 0. The van der Waals surface area contributed by atoms with Crippen molar-refractivity contribution in [2.75, 3.05) is 13.1 Å². The molecule has 122 valence electrons. The molecule has 6 nitrogen and oxygen atoms in total. The lowest BCUT2D eigenvalue weighted by atomic mass is 10.1. The summed E-state index contributed by atoms with van der Waals surface area (Å²) in [5, 5.41) is 0. The Kier molecular flexibility index (Phi) is 4.53. The predicted octanol–water partition coefficient (Wildman–Crippen LogP) is 1.85. The summed E-state index contributed by atoms with van der Waals surface area (Å²) in [6.07, 6.45) is 4.17. The van der Waals surface area contributed by atoms with Crippen molar-refractivity contribution in [1.29, 1.82) is 0 Å². The van der Waals surface area contributed by atoms with Crippen LogP contribution in [-0.4, -0.2) is 41.9 Å². The third kappa shape index (κ3) is 3.65. The number of halogens is 1. The van der Waals surface area contributed by atoms with Crippen LogP contribution >= 0.6 is 0 Å². The molecule has 1 fully saturated rings. The van der Waals surface area contributed by atoms with Gasteiger partial charge in [-0.3, -0.25) is 0 Å². The zero-order valence-corrected chi connectivity index (χ0v) is 13.1. The number of hydrogen-bond acceptors (Lipinski definition) is 5. The molecule has 0 spiro atoms. The second kappa shape index (κ2) is 6.59. The van der Waals surface area contributed by atoms with Crippen LogP contribution in [0.5, 0.6) is 6.01 Å². The maximum atomic E-state index is 13.3. The molecule has 0 saturated carbocycles. The van der Waals surface area contributed by atoms with E-state index in [1.54, 1.807) is 18.5 Å². The SMILES string of the molecule is O=S(=O)(c1cccc(F)c1)N1CCCC(Oc2ncccn2)C1. The summed E-state index contributed by atoms with van der Waals surface area (Å²) < 4.78 is 45.5. The number of aromatic nitrogens is 2. The van der Waals surface area contributed by atoms with Gasteiger partial charge in [0, 0.05) is 18.9 Å². The molecule has 0 N–H and O–H groups in total. The third-order valence-corrected chi connectivity index (χ3v) is 5.45. The monoisotopic (exact) mass is 337 g/mol. The molecule has 1 aromatic carbocycles. The van der Waals surface area contributed by atoms with Crippen LogP contribution < -0.4 is 4.74 Å². The summed E-state index contributed by atoms with van der Waals surface area (Å²) >= 11 is 0. The number of piperidine rings is 1. The number of sulfonamides is 1. The molecule has 3 rings (SSSR count). The number of ether oxygens (including phenoxy) is 1. The molecule has 23 heavy (non-hydrogen) atoms. The van der Waals surface area contributed by atoms with E-state index in [1.165, 1.54) is 22.5 Å². The van der Waals surface area contributed by atoms with Crippen molar-refractivity contribution in [1.82, 2.24) is 14.3 Å². The summed E-state index contributed by atoms with van der Waals surface area (Å²) in [4.78, 5) is 7.91. The van der Waals surface area contributed by atoms with E-state index in [0.29, 0.717) is 19.4 Å². The zero-order valence-electron chi connectivity index (χ0n) is 12.3. The Balaban J connectivity index is 1.75. The molecule has 1 unspecified atom stereocenters. The minimum atomic E-state index is -3.74. The van der Waals surface area contributed by atoms with Crippen molar-refractivity contribution >= 4 is 10.0 Å². The molecule has 1 atom stereocenters. The Morgan fingerprint density at radius 1 is 1.22 bits per heavy atom. The molecule has 2 aromatic rings. The third-order valence-electron chi connectivity index (χ3n) is 3.59. The molecule has 1 aliphatic heterocycles. The van der Waals surface area contributed by atoms with Crippen LogP contribution in [0.4, 0.5) is 4.39 Å². The van der Waals surface area contributed by atoms with Gasteiger partial charge in [0.15, 0.2) is 0 Å². The molecule has 0 aliphatic carbocycles. The van der Waals surface area contributed by atoms with E-state index in [9.17, 15) is 12.8 Å². The average Bonchev–Trinajstić information content (AvgIpc) is 2.56. The molecule has 0 bridgehead atoms. The number of benzene rings is 1. The Labute approximate surface area is 134 Å². The first-order valence-corrected chi connectivity index (χ1v) is 8.69. The maximum absolute atomic E-state index is 13.3. The first-order chi connectivity index (χ1) is 11.1. The van der Waals surface area contributed by atoms with Crippen molar-refractivity contribution in [3.63, 3.8) is 0 Å². The first kappa shape index (κ1) is 15.8. The van der Waals surface area contributed by atoms with Crippen LogP contribution in [0.15, 0.2) is 47.6 Å². The highest BCUT2D eigenvalue weighted by Crippen LogP contribution is 2.22. The van der Waals surface area contributed by atoms with Crippen LogP contribution in [0.3, 0.4) is 0 Å². The van der Waals surface area contributed by atoms with Crippen molar-refractivity contribution in [2.45, 2.75) is 23.8 Å². The van der Waals surface area contributed by atoms with Crippen LogP contribution in [-0.2, 0) is 10.0 Å². The Morgan fingerprint density at radius 3 is 2.74 bits per heavy atom.